The molecule has 1 amide bonds. The lowest BCUT2D eigenvalue weighted by molar-refractivity contribution is -0.137. The fraction of sp³-hybridized carbons (Fsp3) is 0.409. The highest BCUT2D eigenvalue weighted by Gasteiger charge is 2.34. The van der Waals surface area contributed by atoms with Crippen molar-refractivity contribution in [2.24, 2.45) is 0 Å². The van der Waals surface area contributed by atoms with Crippen LogP contribution in [0.25, 0.3) is 0 Å². The first-order chi connectivity index (χ1) is 15.0. The molecular weight excluding hydrogens is 445 g/mol. The Hall–Kier alpha value is -2.59. The number of benzene rings is 2. The van der Waals surface area contributed by atoms with Gasteiger partial charge in [-0.25, -0.2) is 12.7 Å². The average Bonchev–Trinajstić information content (AvgIpc) is 2.74. The van der Waals surface area contributed by atoms with E-state index < -0.39 is 21.8 Å². The number of sulfonamides is 1. The molecule has 2 aliphatic heterocycles. The monoisotopic (exact) mass is 468 g/mol. The number of carbonyl (C=O) groups excluding carboxylic acids is 1. The Morgan fingerprint density at radius 3 is 2.19 bits per heavy atom. The van der Waals surface area contributed by atoms with Crippen molar-refractivity contribution in [3.63, 3.8) is 0 Å². The SMILES string of the molecule is CS(=O)(=O)N1CCC(N2CCc3ccc(Oc4ccc(C(F)(F)F)cc4)cc3C2=O)CC1. The molecule has 2 aromatic rings. The molecule has 0 atom stereocenters. The van der Waals surface area contributed by atoms with Crippen molar-refractivity contribution >= 4 is 15.9 Å². The normalized spacial score (nSPS) is 18.5. The van der Waals surface area contributed by atoms with Gasteiger partial charge in [0.05, 0.1) is 11.8 Å². The van der Waals surface area contributed by atoms with Crippen LogP contribution in [0.1, 0.15) is 34.3 Å². The number of carbonyl (C=O) groups is 1. The van der Waals surface area contributed by atoms with Crippen LogP contribution in [-0.4, -0.2) is 55.5 Å². The smallest absolute Gasteiger partial charge is 0.416 e. The molecule has 1 saturated heterocycles. The van der Waals surface area contributed by atoms with Crippen molar-refractivity contribution in [2.75, 3.05) is 25.9 Å². The van der Waals surface area contributed by atoms with Crippen LogP contribution in [0.2, 0.25) is 0 Å². The van der Waals surface area contributed by atoms with Crippen molar-refractivity contribution in [1.29, 1.82) is 0 Å². The first-order valence-electron chi connectivity index (χ1n) is 10.3. The second kappa shape index (κ2) is 8.40. The van der Waals surface area contributed by atoms with Gasteiger partial charge < -0.3 is 9.64 Å². The van der Waals surface area contributed by atoms with Crippen LogP contribution in [0.4, 0.5) is 13.2 Å². The summed E-state index contributed by atoms with van der Waals surface area (Å²) in [6.07, 6.45) is -1.40. The van der Waals surface area contributed by atoms with Gasteiger partial charge in [0.2, 0.25) is 10.0 Å². The standard InChI is InChI=1S/C22H23F3N2O4S/c1-32(29,30)26-11-9-17(10-12-26)27-13-8-15-2-5-19(14-20(15)21(27)28)31-18-6-3-16(4-7-18)22(23,24)25/h2-7,14,17H,8-13H2,1H3. The highest BCUT2D eigenvalue weighted by Crippen LogP contribution is 2.33. The van der Waals surface area contributed by atoms with E-state index in [1.165, 1.54) is 22.7 Å². The summed E-state index contributed by atoms with van der Waals surface area (Å²) in [5.74, 6) is 0.471. The van der Waals surface area contributed by atoms with E-state index in [0.717, 1.165) is 17.7 Å². The lowest BCUT2D eigenvalue weighted by Gasteiger charge is -2.40. The fourth-order valence-electron chi connectivity index (χ4n) is 4.22. The van der Waals surface area contributed by atoms with E-state index in [9.17, 15) is 26.4 Å². The lowest BCUT2D eigenvalue weighted by Crippen LogP contribution is -2.50. The Balaban J connectivity index is 1.47. The minimum Gasteiger partial charge on any atom is -0.457 e. The molecule has 32 heavy (non-hydrogen) atoms. The summed E-state index contributed by atoms with van der Waals surface area (Å²) in [6.45, 7) is 1.34. The number of ether oxygens (including phenoxy) is 1. The summed E-state index contributed by atoms with van der Waals surface area (Å²) in [5, 5.41) is 0. The fourth-order valence-corrected chi connectivity index (χ4v) is 5.09. The summed E-state index contributed by atoms with van der Waals surface area (Å²) in [6, 6.07) is 9.46. The predicted molar refractivity (Wildman–Crippen MR) is 112 cm³/mol. The van der Waals surface area contributed by atoms with Crippen LogP contribution < -0.4 is 4.74 Å². The van der Waals surface area contributed by atoms with Crippen LogP contribution in [0.15, 0.2) is 42.5 Å². The van der Waals surface area contributed by atoms with Gasteiger partial charge in [0.25, 0.3) is 5.91 Å². The van der Waals surface area contributed by atoms with Gasteiger partial charge in [-0.3, -0.25) is 4.79 Å². The number of amides is 1. The third-order valence-corrected chi connectivity index (χ3v) is 7.25. The molecule has 0 N–H and O–H groups in total. The number of fused-ring (bicyclic) bond motifs is 1. The Labute approximate surface area is 184 Å². The molecule has 0 saturated carbocycles. The van der Waals surface area contributed by atoms with E-state index in [1.807, 2.05) is 0 Å². The van der Waals surface area contributed by atoms with E-state index in [-0.39, 0.29) is 17.7 Å². The van der Waals surface area contributed by atoms with Crippen LogP contribution in [0.5, 0.6) is 11.5 Å². The number of hydrogen-bond donors (Lipinski definition) is 0. The van der Waals surface area contributed by atoms with E-state index in [1.54, 1.807) is 23.1 Å². The number of hydrogen-bond acceptors (Lipinski definition) is 4. The lowest BCUT2D eigenvalue weighted by atomic mass is 9.95. The van der Waals surface area contributed by atoms with Crippen molar-refractivity contribution in [3.8, 4) is 11.5 Å². The third kappa shape index (κ3) is 4.75. The molecule has 10 heteroatoms. The molecule has 2 aliphatic rings. The Morgan fingerprint density at radius 1 is 0.969 bits per heavy atom. The van der Waals surface area contributed by atoms with Gasteiger partial charge in [-0.15, -0.1) is 0 Å². The number of piperidine rings is 1. The molecule has 2 heterocycles. The molecule has 0 unspecified atom stereocenters. The molecule has 1 fully saturated rings. The van der Waals surface area contributed by atoms with Crippen LogP contribution in [0.3, 0.4) is 0 Å². The summed E-state index contributed by atoms with van der Waals surface area (Å²) in [4.78, 5) is 15.0. The van der Waals surface area contributed by atoms with Crippen LogP contribution in [0, 0.1) is 0 Å². The molecule has 6 nitrogen and oxygen atoms in total. The molecule has 0 aliphatic carbocycles. The molecule has 2 aromatic carbocycles. The molecule has 172 valence electrons. The zero-order valence-corrected chi connectivity index (χ0v) is 18.2. The van der Waals surface area contributed by atoms with Crippen LogP contribution in [-0.2, 0) is 22.6 Å². The number of halogens is 3. The van der Waals surface area contributed by atoms with Gasteiger partial charge in [-0.1, -0.05) is 6.07 Å². The predicted octanol–water partition coefficient (Wildman–Crippen LogP) is 3.92. The Kier molecular flexibility index (Phi) is 5.93. The second-order valence-electron chi connectivity index (χ2n) is 8.08. The Morgan fingerprint density at radius 2 is 1.59 bits per heavy atom. The average molecular weight is 468 g/mol. The Bertz CT molecular complexity index is 1110. The van der Waals surface area contributed by atoms with Gasteiger partial charge in [0, 0.05) is 31.2 Å². The zero-order valence-electron chi connectivity index (χ0n) is 17.4. The minimum absolute atomic E-state index is 0.0341. The second-order valence-corrected chi connectivity index (χ2v) is 10.1. The van der Waals surface area contributed by atoms with Gasteiger partial charge in [0.1, 0.15) is 11.5 Å². The largest absolute Gasteiger partial charge is 0.457 e. The summed E-state index contributed by atoms with van der Waals surface area (Å²) < 4.78 is 68.8. The summed E-state index contributed by atoms with van der Waals surface area (Å²) >= 11 is 0. The quantitative estimate of drug-likeness (QED) is 0.682. The van der Waals surface area contributed by atoms with Crippen molar-refractivity contribution in [1.82, 2.24) is 9.21 Å². The van der Waals surface area contributed by atoms with Gasteiger partial charge in [0.15, 0.2) is 0 Å². The maximum atomic E-state index is 13.2. The molecule has 0 aromatic heterocycles. The first-order valence-corrected chi connectivity index (χ1v) is 12.1. The van der Waals surface area contributed by atoms with E-state index in [4.69, 9.17) is 4.74 Å². The first kappa shape index (κ1) is 22.6. The van der Waals surface area contributed by atoms with Gasteiger partial charge >= 0.3 is 6.18 Å². The van der Waals surface area contributed by atoms with E-state index >= 15 is 0 Å². The minimum atomic E-state index is -4.42. The van der Waals surface area contributed by atoms with Crippen molar-refractivity contribution in [3.05, 3.63) is 59.2 Å². The maximum absolute atomic E-state index is 13.2. The highest BCUT2D eigenvalue weighted by atomic mass is 32.2. The van der Waals surface area contributed by atoms with Gasteiger partial charge in [-0.2, -0.15) is 13.2 Å². The van der Waals surface area contributed by atoms with E-state index in [0.29, 0.717) is 50.2 Å². The number of nitrogens with zero attached hydrogens (tertiary/aromatic N) is 2. The summed E-state index contributed by atoms with van der Waals surface area (Å²) in [7, 11) is -3.24. The highest BCUT2D eigenvalue weighted by molar-refractivity contribution is 7.88. The molecular formula is C22H23F3N2O4S. The number of alkyl halides is 3. The zero-order chi connectivity index (χ0) is 23.1. The third-order valence-electron chi connectivity index (χ3n) is 5.95. The molecule has 4 rings (SSSR count). The van der Waals surface area contributed by atoms with Crippen molar-refractivity contribution in [2.45, 2.75) is 31.5 Å². The van der Waals surface area contributed by atoms with Crippen molar-refractivity contribution < 1.29 is 31.1 Å². The van der Waals surface area contributed by atoms with Gasteiger partial charge in [-0.05, 0) is 61.2 Å². The van der Waals surface area contributed by atoms with Crippen LogP contribution >= 0.6 is 0 Å². The maximum Gasteiger partial charge on any atom is 0.416 e. The summed E-state index contributed by atoms with van der Waals surface area (Å²) in [5.41, 5.74) is 0.633. The molecule has 0 spiro atoms. The van der Waals surface area contributed by atoms with E-state index in [2.05, 4.69) is 0 Å². The molecule has 0 radical (unpaired) electrons. The molecule has 0 bridgehead atoms. The number of rotatable bonds is 4. The topological polar surface area (TPSA) is 66.9 Å².